The summed E-state index contributed by atoms with van der Waals surface area (Å²) < 4.78 is 5.32. The Bertz CT molecular complexity index is 782. The first-order valence-corrected chi connectivity index (χ1v) is 9.00. The van der Waals surface area contributed by atoms with Crippen LogP contribution in [-0.2, 0) is 21.1 Å². The lowest BCUT2D eigenvalue weighted by molar-refractivity contribution is -0.431. The van der Waals surface area contributed by atoms with Crippen LogP contribution in [0.3, 0.4) is 0 Å². The van der Waals surface area contributed by atoms with Crippen molar-refractivity contribution in [3.05, 3.63) is 64.7 Å². The van der Waals surface area contributed by atoms with Crippen molar-refractivity contribution in [2.45, 2.75) is 50.4 Å². The van der Waals surface area contributed by atoms with Crippen molar-refractivity contribution < 1.29 is 14.5 Å². The first-order valence-electron chi connectivity index (χ1n) is 9.00. The van der Waals surface area contributed by atoms with Crippen molar-refractivity contribution >= 4 is 0 Å². The highest BCUT2D eigenvalue weighted by Crippen LogP contribution is 2.50. The smallest absolute Gasteiger partial charge is 0.203 e. The monoisotopic (exact) mass is 339 g/mol. The first-order chi connectivity index (χ1) is 12.1. The maximum atomic E-state index is 6.79. The van der Waals surface area contributed by atoms with Crippen LogP contribution in [0.15, 0.2) is 42.5 Å². The van der Waals surface area contributed by atoms with Gasteiger partial charge in [0.2, 0.25) is 5.72 Å². The molecule has 1 spiro atoms. The summed E-state index contributed by atoms with van der Waals surface area (Å²) in [7, 11) is 1.66. The molecule has 4 nitrogen and oxygen atoms in total. The molecule has 0 saturated heterocycles. The number of ether oxygens (including phenoxy) is 1. The van der Waals surface area contributed by atoms with Gasteiger partial charge >= 0.3 is 0 Å². The van der Waals surface area contributed by atoms with E-state index in [0.717, 1.165) is 48.1 Å². The lowest BCUT2D eigenvalue weighted by Gasteiger charge is -2.46. The zero-order chi connectivity index (χ0) is 17.5. The van der Waals surface area contributed by atoms with Gasteiger partial charge in [-0.1, -0.05) is 49.6 Å². The number of methoxy groups -OCH3 is 1. The second kappa shape index (κ2) is 6.13. The minimum absolute atomic E-state index is 0.363. The van der Waals surface area contributed by atoms with Gasteiger partial charge in [-0.3, -0.25) is 5.73 Å². The zero-order valence-electron chi connectivity index (χ0n) is 14.9. The predicted molar refractivity (Wildman–Crippen MR) is 96.1 cm³/mol. The molecule has 1 unspecified atom stereocenters. The average molecular weight is 339 g/mol. The van der Waals surface area contributed by atoms with Gasteiger partial charge in [0.15, 0.2) is 0 Å². The van der Waals surface area contributed by atoms with Crippen molar-refractivity contribution in [1.82, 2.24) is 0 Å². The van der Waals surface area contributed by atoms with Gasteiger partial charge in [-0.2, -0.15) is 0 Å². The number of hydrogen-bond acceptors (Lipinski definition) is 4. The van der Waals surface area contributed by atoms with Gasteiger partial charge in [-0.25, -0.2) is 9.78 Å². The van der Waals surface area contributed by atoms with E-state index in [0.29, 0.717) is 0 Å². The fraction of sp³-hybridized carbons (Fsp3) is 0.429. The molecular weight excluding hydrogens is 314 g/mol. The molecule has 1 aliphatic heterocycles. The third-order valence-electron chi connectivity index (χ3n) is 5.65. The minimum atomic E-state index is -1.12. The van der Waals surface area contributed by atoms with Crippen LogP contribution < -0.4 is 10.5 Å². The number of rotatable bonds is 2. The zero-order valence-corrected chi connectivity index (χ0v) is 14.9. The second-order valence-corrected chi connectivity index (χ2v) is 7.18. The Hall–Kier alpha value is -1.88. The molecule has 25 heavy (non-hydrogen) atoms. The van der Waals surface area contributed by atoms with Crippen molar-refractivity contribution in [1.29, 1.82) is 0 Å². The van der Waals surface area contributed by atoms with Gasteiger partial charge in [0.1, 0.15) is 11.4 Å². The number of hydrogen-bond donors (Lipinski definition) is 1. The highest BCUT2D eigenvalue weighted by atomic mass is 17.2. The van der Waals surface area contributed by atoms with Crippen LogP contribution in [0.1, 0.15) is 54.4 Å². The molecule has 2 aliphatic rings. The summed E-state index contributed by atoms with van der Waals surface area (Å²) in [6, 6.07) is 14.1. The highest BCUT2D eigenvalue weighted by Gasteiger charge is 2.49. The maximum Gasteiger partial charge on any atom is 0.203 e. The SMILES string of the molecule is COc1ccc(C2(N)OOC3(CCCCC3)c3ccccc32)c(C)c1. The number of nitrogens with two attached hydrogens (primary N) is 1. The normalized spacial score (nSPS) is 24.8. The molecule has 0 radical (unpaired) electrons. The molecule has 0 amide bonds. The molecule has 132 valence electrons. The van der Waals surface area contributed by atoms with Crippen LogP contribution in [0.25, 0.3) is 0 Å². The van der Waals surface area contributed by atoms with Crippen LogP contribution in [0, 0.1) is 6.92 Å². The second-order valence-electron chi connectivity index (χ2n) is 7.18. The van der Waals surface area contributed by atoms with Gasteiger partial charge in [0, 0.05) is 11.1 Å². The molecule has 4 rings (SSSR count). The van der Waals surface area contributed by atoms with Crippen LogP contribution in [0.2, 0.25) is 0 Å². The molecule has 4 heteroatoms. The molecule has 1 fully saturated rings. The maximum absolute atomic E-state index is 6.79. The number of aryl methyl sites for hydroxylation is 1. The summed E-state index contributed by atoms with van der Waals surface area (Å²) in [5.74, 6) is 0.804. The lowest BCUT2D eigenvalue weighted by atomic mass is 9.74. The van der Waals surface area contributed by atoms with Gasteiger partial charge in [0.05, 0.1) is 7.11 Å². The van der Waals surface area contributed by atoms with Gasteiger partial charge < -0.3 is 4.74 Å². The van der Waals surface area contributed by atoms with Gasteiger partial charge in [-0.15, -0.1) is 0 Å². The Balaban J connectivity index is 1.84. The van der Waals surface area contributed by atoms with E-state index in [4.69, 9.17) is 20.2 Å². The van der Waals surface area contributed by atoms with E-state index >= 15 is 0 Å². The molecule has 0 bridgehead atoms. The molecule has 0 aromatic heterocycles. The average Bonchev–Trinajstić information content (AvgIpc) is 2.66. The Morgan fingerprint density at radius 1 is 0.920 bits per heavy atom. The van der Waals surface area contributed by atoms with E-state index in [1.807, 2.05) is 31.2 Å². The molecule has 2 aromatic carbocycles. The Morgan fingerprint density at radius 2 is 1.64 bits per heavy atom. The van der Waals surface area contributed by atoms with Crippen molar-refractivity contribution in [3.63, 3.8) is 0 Å². The van der Waals surface area contributed by atoms with E-state index in [-0.39, 0.29) is 5.60 Å². The Kier molecular flexibility index (Phi) is 4.07. The summed E-state index contributed by atoms with van der Waals surface area (Å²) >= 11 is 0. The standard InChI is InChI=1S/C21H25NO3/c1-15-14-16(23-2)10-11-17(15)21(22)19-9-5-4-8-18(19)20(24-25-21)12-6-3-7-13-20/h4-5,8-11,14H,3,6-7,12-13,22H2,1-2H3. The van der Waals surface area contributed by atoms with Crippen LogP contribution in [0.5, 0.6) is 5.75 Å². The number of benzene rings is 2. The van der Waals surface area contributed by atoms with E-state index in [1.165, 1.54) is 12.0 Å². The fourth-order valence-electron chi connectivity index (χ4n) is 4.28. The van der Waals surface area contributed by atoms with E-state index in [9.17, 15) is 0 Å². The van der Waals surface area contributed by atoms with Crippen LogP contribution >= 0.6 is 0 Å². The third-order valence-corrected chi connectivity index (χ3v) is 5.65. The van der Waals surface area contributed by atoms with Crippen LogP contribution in [-0.4, -0.2) is 7.11 Å². The number of fused-ring (bicyclic) bond motifs is 2. The van der Waals surface area contributed by atoms with E-state index in [2.05, 4.69) is 18.2 Å². The lowest BCUT2D eigenvalue weighted by Crippen LogP contribution is -2.51. The molecule has 1 heterocycles. The Labute approximate surface area is 148 Å². The molecule has 2 N–H and O–H groups in total. The van der Waals surface area contributed by atoms with Crippen molar-refractivity contribution in [2.75, 3.05) is 7.11 Å². The highest BCUT2D eigenvalue weighted by molar-refractivity contribution is 5.48. The predicted octanol–water partition coefficient (Wildman–Crippen LogP) is 4.28. The minimum Gasteiger partial charge on any atom is -0.497 e. The summed E-state index contributed by atoms with van der Waals surface area (Å²) in [4.78, 5) is 12.0. The Morgan fingerprint density at radius 3 is 2.32 bits per heavy atom. The topological polar surface area (TPSA) is 53.7 Å². The summed E-state index contributed by atoms with van der Waals surface area (Å²) in [6.45, 7) is 2.02. The largest absolute Gasteiger partial charge is 0.497 e. The van der Waals surface area contributed by atoms with Gasteiger partial charge in [0.25, 0.3) is 0 Å². The van der Waals surface area contributed by atoms with Crippen molar-refractivity contribution in [3.8, 4) is 5.75 Å². The first kappa shape index (κ1) is 16.6. The molecule has 1 atom stereocenters. The third kappa shape index (κ3) is 2.56. The van der Waals surface area contributed by atoms with Gasteiger partial charge in [-0.05, 0) is 43.0 Å². The van der Waals surface area contributed by atoms with Crippen LogP contribution in [0.4, 0.5) is 0 Å². The molecule has 2 aromatic rings. The van der Waals surface area contributed by atoms with E-state index in [1.54, 1.807) is 7.11 Å². The molecule has 1 saturated carbocycles. The van der Waals surface area contributed by atoms with Crippen molar-refractivity contribution in [2.24, 2.45) is 5.73 Å². The molecule has 1 aliphatic carbocycles. The summed E-state index contributed by atoms with van der Waals surface area (Å²) in [5, 5.41) is 0. The quantitative estimate of drug-likeness (QED) is 0.830. The summed E-state index contributed by atoms with van der Waals surface area (Å²) in [6.07, 6.45) is 5.50. The van der Waals surface area contributed by atoms with E-state index < -0.39 is 5.72 Å². The summed E-state index contributed by atoms with van der Waals surface area (Å²) in [5.41, 5.74) is 9.38. The fourth-order valence-corrected chi connectivity index (χ4v) is 4.28. The molecular formula is C21H25NO3.